The van der Waals surface area contributed by atoms with Crippen LogP contribution in [0.4, 0.5) is 0 Å². The number of H-pyrrole nitrogens is 1. The van der Waals surface area contributed by atoms with Crippen molar-refractivity contribution in [2.24, 2.45) is 17.4 Å². The Hall–Kier alpha value is -6.55. The number of nitrogens with two attached hydrogens (primary N) is 2. The van der Waals surface area contributed by atoms with Crippen LogP contribution in [0.2, 0.25) is 0 Å². The molecule has 16 heteroatoms. The average molecular weight is 904 g/mol. The van der Waals surface area contributed by atoms with Crippen LogP contribution in [0, 0.1) is 5.92 Å². The maximum Gasteiger partial charge on any atom is 0.245 e. The van der Waals surface area contributed by atoms with Gasteiger partial charge < -0.3 is 47.9 Å². The summed E-state index contributed by atoms with van der Waals surface area (Å²) >= 11 is 0. The summed E-state index contributed by atoms with van der Waals surface area (Å²) < 4.78 is 0. The second kappa shape index (κ2) is 24.1. The second-order valence-corrected chi connectivity index (χ2v) is 17.7. The van der Waals surface area contributed by atoms with Crippen LogP contribution >= 0.6 is 0 Å². The Morgan fingerprint density at radius 3 is 1.86 bits per heavy atom. The van der Waals surface area contributed by atoms with Gasteiger partial charge in [0.1, 0.15) is 36.3 Å². The molecule has 1 aliphatic carbocycles. The number of hydrogen-bond donors (Lipinski definition) is 8. The first kappa shape index (κ1) is 48.9. The Kier molecular flexibility index (Phi) is 17.9. The van der Waals surface area contributed by atoms with E-state index in [0.29, 0.717) is 25.7 Å². The topological polar surface area (TPSA) is 251 Å². The minimum Gasteiger partial charge on any atom is -0.368 e. The summed E-state index contributed by atoms with van der Waals surface area (Å²) in [5.41, 5.74) is 14.9. The second-order valence-electron chi connectivity index (χ2n) is 17.7. The van der Waals surface area contributed by atoms with E-state index in [9.17, 15) is 33.6 Å². The molecule has 1 aliphatic heterocycles. The van der Waals surface area contributed by atoms with E-state index in [4.69, 9.17) is 11.5 Å². The SMILES string of the molecule is CC(=O)N[C@@H](Cc1ccccc1)C(=O)N[C@@H](CCCN)C(=O)N1CCC[C@H]1C(=O)N[C@H](CC1CCCCC1)C(=O)N[C@@H](Cc1c[nH]c2ccccc12)C(=O)N[C@@H](Cc1ccccc1)C(N)=O. The van der Waals surface area contributed by atoms with Crippen LogP contribution in [-0.4, -0.2) is 101 Å². The minimum absolute atomic E-state index is 0.0669. The van der Waals surface area contributed by atoms with Crippen LogP contribution < -0.4 is 38.1 Å². The number of benzene rings is 3. The fourth-order valence-corrected chi connectivity index (χ4v) is 9.26. The van der Waals surface area contributed by atoms with Gasteiger partial charge in [0, 0.05) is 49.8 Å². The van der Waals surface area contributed by atoms with Crippen molar-refractivity contribution in [3.05, 3.63) is 108 Å². The van der Waals surface area contributed by atoms with E-state index >= 15 is 0 Å². The number of primary amides is 1. The Bertz CT molecular complexity index is 2280. The van der Waals surface area contributed by atoms with E-state index in [1.165, 1.54) is 11.8 Å². The van der Waals surface area contributed by atoms with E-state index in [1.54, 1.807) is 6.20 Å². The highest BCUT2D eigenvalue weighted by molar-refractivity contribution is 5.97. The number of aromatic amines is 1. The van der Waals surface area contributed by atoms with Gasteiger partial charge in [0.15, 0.2) is 0 Å². The molecule has 0 unspecified atom stereocenters. The van der Waals surface area contributed by atoms with Gasteiger partial charge in [0.2, 0.25) is 41.4 Å². The van der Waals surface area contributed by atoms with Gasteiger partial charge in [0.05, 0.1) is 0 Å². The third-order valence-electron chi connectivity index (χ3n) is 12.7. The first-order valence-electron chi connectivity index (χ1n) is 23.3. The number of carbonyl (C=O) groups is 7. The lowest BCUT2D eigenvalue weighted by atomic mass is 9.84. The van der Waals surface area contributed by atoms with Crippen LogP contribution in [-0.2, 0) is 52.8 Å². The molecule has 6 rings (SSSR count). The Morgan fingerprint density at radius 1 is 0.652 bits per heavy atom. The summed E-state index contributed by atoms with van der Waals surface area (Å²) in [7, 11) is 0. The van der Waals surface area contributed by atoms with Crippen molar-refractivity contribution in [1.29, 1.82) is 0 Å². The summed E-state index contributed by atoms with van der Waals surface area (Å²) in [6.07, 6.45) is 8.78. The molecule has 1 saturated heterocycles. The molecule has 0 radical (unpaired) electrons. The Labute approximate surface area is 386 Å². The monoisotopic (exact) mass is 904 g/mol. The lowest BCUT2D eigenvalue weighted by Crippen LogP contribution is -2.60. The lowest BCUT2D eigenvalue weighted by molar-refractivity contribution is -0.142. The fourth-order valence-electron chi connectivity index (χ4n) is 9.26. The Balaban J connectivity index is 1.21. The van der Waals surface area contributed by atoms with Crippen molar-refractivity contribution in [3.63, 3.8) is 0 Å². The number of aromatic nitrogens is 1. The number of fused-ring (bicyclic) bond motifs is 1. The molecule has 352 valence electrons. The summed E-state index contributed by atoms with van der Waals surface area (Å²) in [5, 5.41) is 15.2. The maximum absolute atomic E-state index is 14.6. The standard InChI is InChI=1S/C50H65N9O7/c1-32(60)54-41(28-34-17-7-3-8-18-34)46(62)55-39(23-13-25-51)50(66)59-26-14-24-44(59)49(65)58-42(29-35-19-9-4-10-20-35)47(63)57-43(30-36-31-53-38-22-12-11-21-37(36)38)48(64)56-40(45(52)61)27-33-15-5-2-6-16-33/h2-3,5-8,11-12,15-18,21-22,31,35,39-44,53H,4,9-10,13-14,19-20,23-30,51H2,1H3,(H2,52,61)(H,54,60)(H,55,62)(H,56,64)(H,57,63)(H,58,65)/t39-,40-,41-,42+,43-,44-/m0/s1. The molecule has 1 saturated carbocycles. The summed E-state index contributed by atoms with van der Waals surface area (Å²) in [6.45, 7) is 1.83. The van der Waals surface area contributed by atoms with Gasteiger partial charge >= 0.3 is 0 Å². The highest BCUT2D eigenvalue weighted by Crippen LogP contribution is 2.28. The quantitative estimate of drug-likeness (QED) is 0.0581. The number of rotatable bonds is 22. The van der Waals surface area contributed by atoms with Gasteiger partial charge in [-0.2, -0.15) is 0 Å². The molecule has 2 aliphatic rings. The summed E-state index contributed by atoms with van der Waals surface area (Å²) in [5.74, 6) is -3.70. The van der Waals surface area contributed by atoms with Crippen LogP contribution in [0.3, 0.4) is 0 Å². The number of carbonyl (C=O) groups excluding carboxylic acids is 7. The molecule has 10 N–H and O–H groups in total. The van der Waals surface area contributed by atoms with Crippen LogP contribution in [0.5, 0.6) is 0 Å². The van der Waals surface area contributed by atoms with Gasteiger partial charge in [-0.25, -0.2) is 0 Å². The molecule has 6 atom stereocenters. The minimum atomic E-state index is -1.17. The highest BCUT2D eigenvalue weighted by Gasteiger charge is 2.40. The summed E-state index contributed by atoms with van der Waals surface area (Å²) in [4.78, 5) is 101. The molecule has 2 heterocycles. The first-order chi connectivity index (χ1) is 31.9. The van der Waals surface area contributed by atoms with Gasteiger partial charge in [-0.3, -0.25) is 33.6 Å². The van der Waals surface area contributed by atoms with Crippen molar-refractivity contribution in [2.45, 2.75) is 127 Å². The molecular weight excluding hydrogens is 839 g/mol. The van der Waals surface area contributed by atoms with Gasteiger partial charge in [-0.15, -0.1) is 0 Å². The van der Waals surface area contributed by atoms with Crippen molar-refractivity contribution >= 4 is 52.3 Å². The van der Waals surface area contributed by atoms with Crippen LogP contribution in [0.25, 0.3) is 10.9 Å². The molecule has 0 spiro atoms. The number of likely N-dealkylation sites (tertiary alicyclic amines) is 1. The fraction of sp³-hybridized carbons (Fsp3) is 0.460. The van der Waals surface area contributed by atoms with Crippen LogP contribution in [0.1, 0.15) is 87.8 Å². The number of amides is 7. The molecule has 0 bridgehead atoms. The zero-order chi connectivity index (χ0) is 47.0. The number of nitrogens with one attached hydrogen (secondary N) is 6. The zero-order valence-electron chi connectivity index (χ0n) is 37.8. The van der Waals surface area contributed by atoms with E-state index in [2.05, 4.69) is 31.6 Å². The predicted octanol–water partition coefficient (Wildman–Crippen LogP) is 2.83. The highest BCUT2D eigenvalue weighted by atomic mass is 16.2. The molecule has 66 heavy (non-hydrogen) atoms. The first-order valence-corrected chi connectivity index (χ1v) is 23.3. The molecule has 4 aromatic rings. The molecule has 7 amide bonds. The van der Waals surface area contributed by atoms with Gasteiger partial charge in [0.25, 0.3) is 0 Å². The van der Waals surface area contributed by atoms with Gasteiger partial charge in [-0.05, 0) is 67.3 Å². The average Bonchev–Trinajstić information content (AvgIpc) is 3.98. The lowest BCUT2D eigenvalue weighted by Gasteiger charge is -2.32. The smallest absolute Gasteiger partial charge is 0.245 e. The number of para-hydroxylation sites is 1. The van der Waals surface area contributed by atoms with E-state index in [1.807, 2.05) is 84.9 Å². The molecular formula is C50H65N9O7. The number of hydrogen-bond acceptors (Lipinski definition) is 8. The third kappa shape index (κ3) is 13.7. The summed E-state index contributed by atoms with van der Waals surface area (Å²) in [6, 6.07) is 19.8. The number of nitrogens with zero attached hydrogens (tertiary/aromatic N) is 1. The van der Waals surface area contributed by atoms with Crippen LogP contribution in [0.15, 0.2) is 91.1 Å². The maximum atomic E-state index is 14.6. The largest absolute Gasteiger partial charge is 0.368 e. The molecule has 16 nitrogen and oxygen atoms in total. The Morgan fingerprint density at radius 2 is 1.23 bits per heavy atom. The molecule has 3 aromatic carbocycles. The third-order valence-corrected chi connectivity index (χ3v) is 12.7. The van der Waals surface area contributed by atoms with Crippen molar-refractivity contribution in [3.8, 4) is 0 Å². The van der Waals surface area contributed by atoms with E-state index < -0.39 is 77.6 Å². The van der Waals surface area contributed by atoms with Gasteiger partial charge in [-0.1, -0.05) is 111 Å². The van der Waals surface area contributed by atoms with E-state index in [-0.39, 0.29) is 44.7 Å². The van der Waals surface area contributed by atoms with Crippen molar-refractivity contribution in [2.75, 3.05) is 13.1 Å². The zero-order valence-corrected chi connectivity index (χ0v) is 37.8. The normalized spacial score (nSPS) is 17.4. The predicted molar refractivity (Wildman–Crippen MR) is 251 cm³/mol. The van der Waals surface area contributed by atoms with E-state index in [0.717, 1.165) is 59.7 Å². The molecule has 2 fully saturated rings. The molecule has 1 aromatic heterocycles. The van der Waals surface area contributed by atoms with Crippen molar-refractivity contribution < 1.29 is 33.6 Å². The van der Waals surface area contributed by atoms with Crippen molar-refractivity contribution in [1.82, 2.24) is 36.5 Å².